The number of nitro benzene ring substituents is 1. The maximum Gasteiger partial charge on any atom is 0.269 e. The first-order valence-corrected chi connectivity index (χ1v) is 10.8. The van der Waals surface area contributed by atoms with Crippen molar-refractivity contribution in [1.29, 1.82) is 0 Å². The summed E-state index contributed by atoms with van der Waals surface area (Å²) in [6, 6.07) is 7.65. The highest BCUT2D eigenvalue weighted by atomic mass is 16.6. The summed E-state index contributed by atoms with van der Waals surface area (Å²) in [5.74, 6) is 0.225. The molecule has 0 unspecified atom stereocenters. The normalized spacial score (nSPS) is 31.8. The molecule has 0 radical (unpaired) electrons. The minimum atomic E-state index is -1.09. The van der Waals surface area contributed by atoms with Crippen molar-refractivity contribution in [1.82, 2.24) is 5.16 Å². The van der Waals surface area contributed by atoms with Gasteiger partial charge in [0, 0.05) is 42.0 Å². The number of rotatable bonds is 8. The van der Waals surface area contributed by atoms with Gasteiger partial charge in [0.05, 0.1) is 42.1 Å². The van der Waals surface area contributed by atoms with Crippen molar-refractivity contribution in [3.05, 3.63) is 46.2 Å². The Morgan fingerprint density at radius 1 is 1.19 bits per heavy atom. The second-order valence-corrected chi connectivity index (χ2v) is 8.77. The van der Waals surface area contributed by atoms with Gasteiger partial charge in [0.1, 0.15) is 17.6 Å². The van der Waals surface area contributed by atoms with E-state index in [0.29, 0.717) is 23.4 Å². The van der Waals surface area contributed by atoms with Crippen LogP contribution in [0.4, 0.5) is 5.69 Å². The van der Waals surface area contributed by atoms with Crippen molar-refractivity contribution in [2.45, 2.75) is 63.3 Å². The van der Waals surface area contributed by atoms with Gasteiger partial charge in [0.2, 0.25) is 0 Å². The molecule has 174 valence electrons. The van der Waals surface area contributed by atoms with Crippen LogP contribution in [0.2, 0.25) is 0 Å². The fourth-order valence-electron chi connectivity index (χ4n) is 4.21. The van der Waals surface area contributed by atoms with E-state index in [-0.39, 0.29) is 42.8 Å². The van der Waals surface area contributed by atoms with Crippen LogP contribution < -0.4 is 0 Å². The SMILES string of the molecule is C[C@H]([C@@H]1O[C@H]1C[C@H]1CO[C@@H](Cc2cc(-c3ccc([N+](=O)[O-])cc3)no2)[C@H](O)[C@@H]1O)[C@H](C)O. The summed E-state index contributed by atoms with van der Waals surface area (Å²) in [6.45, 7) is 3.94. The predicted molar refractivity (Wildman–Crippen MR) is 112 cm³/mol. The molecule has 32 heavy (non-hydrogen) atoms. The van der Waals surface area contributed by atoms with Gasteiger partial charge in [-0.15, -0.1) is 0 Å². The standard InChI is InChI=1S/C22H28N2O8/c1-11(12(2)25)22-19(31-22)7-14-10-30-18(21(27)20(14)26)9-16-8-17(23-32-16)13-3-5-15(6-4-13)24(28)29/h3-6,8,11-12,14,18-22,25-27H,7,9-10H2,1-2H3/t11-,12-,14-,18-,19-,20+,21-,22-/m0/s1. The van der Waals surface area contributed by atoms with Crippen LogP contribution in [-0.4, -0.2) is 68.6 Å². The van der Waals surface area contributed by atoms with Crippen LogP contribution in [0.15, 0.2) is 34.9 Å². The maximum atomic E-state index is 10.8. The number of nitrogens with zero attached hydrogens (tertiary/aromatic N) is 2. The van der Waals surface area contributed by atoms with Crippen LogP contribution >= 0.6 is 0 Å². The van der Waals surface area contributed by atoms with E-state index in [1.807, 2.05) is 6.92 Å². The third-order valence-electron chi connectivity index (χ3n) is 6.51. The molecule has 3 N–H and O–H groups in total. The molecule has 2 aliphatic rings. The quantitative estimate of drug-likeness (QED) is 0.311. The van der Waals surface area contributed by atoms with Crippen LogP contribution in [0, 0.1) is 22.0 Å². The van der Waals surface area contributed by atoms with Crippen LogP contribution in [-0.2, 0) is 15.9 Å². The molecule has 1 aromatic heterocycles. The van der Waals surface area contributed by atoms with Crippen LogP contribution in [0.3, 0.4) is 0 Å². The van der Waals surface area contributed by atoms with Gasteiger partial charge in [-0.25, -0.2) is 0 Å². The Balaban J connectivity index is 1.32. The van der Waals surface area contributed by atoms with E-state index in [1.165, 1.54) is 12.1 Å². The molecular weight excluding hydrogens is 420 g/mol. The number of aliphatic hydroxyl groups excluding tert-OH is 3. The number of aliphatic hydroxyl groups is 3. The summed E-state index contributed by atoms with van der Waals surface area (Å²) in [7, 11) is 0. The lowest BCUT2D eigenvalue weighted by atomic mass is 9.86. The molecule has 0 saturated carbocycles. The van der Waals surface area contributed by atoms with E-state index in [1.54, 1.807) is 25.1 Å². The van der Waals surface area contributed by atoms with Crippen LogP contribution in [0.25, 0.3) is 11.3 Å². The van der Waals surface area contributed by atoms with Crippen molar-refractivity contribution in [2.24, 2.45) is 11.8 Å². The highest BCUT2D eigenvalue weighted by Gasteiger charge is 2.48. The summed E-state index contributed by atoms with van der Waals surface area (Å²) in [5.41, 5.74) is 1.17. The zero-order valence-corrected chi connectivity index (χ0v) is 17.9. The average molecular weight is 448 g/mol. The smallest absolute Gasteiger partial charge is 0.269 e. The first-order chi connectivity index (χ1) is 15.2. The first-order valence-electron chi connectivity index (χ1n) is 10.8. The van der Waals surface area contributed by atoms with Gasteiger partial charge >= 0.3 is 0 Å². The Kier molecular flexibility index (Phi) is 6.59. The lowest BCUT2D eigenvalue weighted by molar-refractivity contribution is -0.384. The molecule has 2 aliphatic heterocycles. The molecular formula is C22H28N2O8. The molecule has 0 amide bonds. The topological polar surface area (TPSA) is 152 Å². The minimum Gasteiger partial charge on any atom is -0.393 e. The van der Waals surface area contributed by atoms with E-state index in [2.05, 4.69) is 5.16 Å². The van der Waals surface area contributed by atoms with Gasteiger partial charge in [0.15, 0.2) is 0 Å². The molecule has 8 atom stereocenters. The molecule has 0 aliphatic carbocycles. The van der Waals surface area contributed by atoms with Crippen LogP contribution in [0.5, 0.6) is 0 Å². The molecule has 2 saturated heterocycles. The van der Waals surface area contributed by atoms with E-state index in [4.69, 9.17) is 14.0 Å². The molecule has 10 nitrogen and oxygen atoms in total. The Morgan fingerprint density at radius 3 is 2.56 bits per heavy atom. The summed E-state index contributed by atoms with van der Waals surface area (Å²) in [4.78, 5) is 10.3. The van der Waals surface area contributed by atoms with Gasteiger partial charge in [-0.05, 0) is 25.5 Å². The maximum absolute atomic E-state index is 10.8. The highest BCUT2D eigenvalue weighted by Crippen LogP contribution is 2.38. The summed E-state index contributed by atoms with van der Waals surface area (Å²) in [6.07, 6.45) is -2.47. The Morgan fingerprint density at radius 2 is 1.91 bits per heavy atom. The third kappa shape index (κ3) is 4.84. The van der Waals surface area contributed by atoms with Gasteiger partial charge in [-0.1, -0.05) is 12.1 Å². The lowest BCUT2D eigenvalue weighted by Gasteiger charge is -2.37. The molecule has 0 bridgehead atoms. The lowest BCUT2D eigenvalue weighted by Crippen LogP contribution is -2.51. The fourth-order valence-corrected chi connectivity index (χ4v) is 4.21. The number of non-ortho nitro benzene ring substituents is 1. The van der Waals surface area contributed by atoms with E-state index < -0.39 is 29.3 Å². The largest absolute Gasteiger partial charge is 0.393 e. The van der Waals surface area contributed by atoms with Gasteiger partial charge in [-0.2, -0.15) is 0 Å². The second kappa shape index (κ2) is 9.24. The first kappa shape index (κ1) is 22.8. The molecule has 0 spiro atoms. The third-order valence-corrected chi connectivity index (χ3v) is 6.51. The highest BCUT2D eigenvalue weighted by molar-refractivity contribution is 5.60. The van der Waals surface area contributed by atoms with Crippen molar-refractivity contribution in [3.8, 4) is 11.3 Å². The second-order valence-electron chi connectivity index (χ2n) is 8.77. The zero-order chi connectivity index (χ0) is 23.0. The van der Waals surface area contributed by atoms with Crippen molar-refractivity contribution >= 4 is 5.69 Å². The van der Waals surface area contributed by atoms with Crippen LogP contribution in [0.1, 0.15) is 26.0 Å². The summed E-state index contributed by atoms with van der Waals surface area (Å²) >= 11 is 0. The molecule has 4 rings (SSSR count). The van der Waals surface area contributed by atoms with Gasteiger partial charge in [0.25, 0.3) is 5.69 Å². The molecule has 2 fully saturated rings. The predicted octanol–water partition coefficient (Wildman–Crippen LogP) is 1.70. The Hall–Kier alpha value is -2.37. The molecule has 2 aromatic rings. The molecule has 10 heteroatoms. The van der Waals surface area contributed by atoms with E-state index >= 15 is 0 Å². The fraction of sp³-hybridized carbons (Fsp3) is 0.591. The number of hydrogen-bond acceptors (Lipinski definition) is 9. The number of aromatic nitrogens is 1. The van der Waals surface area contributed by atoms with Crippen molar-refractivity contribution in [3.63, 3.8) is 0 Å². The average Bonchev–Trinajstić information content (AvgIpc) is 3.38. The number of ether oxygens (including phenoxy) is 2. The zero-order valence-electron chi connectivity index (χ0n) is 17.9. The minimum absolute atomic E-state index is 0.00993. The summed E-state index contributed by atoms with van der Waals surface area (Å²) in [5, 5.41) is 45.7. The van der Waals surface area contributed by atoms with Gasteiger partial charge in [-0.3, -0.25) is 10.1 Å². The Bertz CT molecular complexity index is 930. The number of nitro groups is 1. The van der Waals surface area contributed by atoms with E-state index in [0.717, 1.165) is 0 Å². The van der Waals surface area contributed by atoms with Crippen molar-refractivity contribution < 1.29 is 34.2 Å². The molecule has 3 heterocycles. The van der Waals surface area contributed by atoms with Crippen molar-refractivity contribution in [2.75, 3.05) is 6.61 Å². The number of epoxide rings is 1. The monoisotopic (exact) mass is 448 g/mol. The van der Waals surface area contributed by atoms with E-state index in [9.17, 15) is 25.4 Å². The summed E-state index contributed by atoms with van der Waals surface area (Å²) < 4.78 is 16.8. The van der Waals surface area contributed by atoms with Gasteiger partial charge < -0.3 is 29.3 Å². The molecule has 1 aromatic carbocycles. The number of benzene rings is 1. The number of hydrogen-bond donors (Lipinski definition) is 3. The Labute approximate surface area is 184 Å².